The highest BCUT2D eigenvalue weighted by molar-refractivity contribution is 7.80. The quantitative estimate of drug-likeness (QED) is 0.417. The van der Waals surface area contributed by atoms with Gasteiger partial charge in [-0.25, -0.2) is 0 Å². The van der Waals surface area contributed by atoms with E-state index < -0.39 is 5.91 Å². The first-order valence-electron chi connectivity index (χ1n) is 9.18. The minimum Gasteiger partial charge on any atom is -0.493 e. The van der Waals surface area contributed by atoms with E-state index in [4.69, 9.17) is 21.7 Å². The van der Waals surface area contributed by atoms with Crippen molar-refractivity contribution in [1.29, 1.82) is 0 Å². The molecule has 3 N–H and O–H groups in total. The summed E-state index contributed by atoms with van der Waals surface area (Å²) < 4.78 is 10.6. The second-order valence-electron chi connectivity index (χ2n) is 6.31. The van der Waals surface area contributed by atoms with Crippen LogP contribution in [-0.4, -0.2) is 30.6 Å². The maximum atomic E-state index is 12.3. The zero-order valence-corrected chi connectivity index (χ0v) is 17.1. The molecule has 0 unspecified atom stereocenters. The van der Waals surface area contributed by atoms with Crippen LogP contribution in [0.1, 0.15) is 5.56 Å². The summed E-state index contributed by atoms with van der Waals surface area (Å²) in [6, 6.07) is 20.6. The number of para-hydroxylation sites is 2. The van der Waals surface area contributed by atoms with Gasteiger partial charge in [0.2, 0.25) is 5.91 Å². The summed E-state index contributed by atoms with van der Waals surface area (Å²) in [6.45, 7) is -0.250. The lowest BCUT2D eigenvalue weighted by atomic mass is 10.0. The van der Waals surface area contributed by atoms with E-state index in [9.17, 15) is 9.59 Å². The minimum atomic E-state index is -0.466. The Morgan fingerprint density at radius 1 is 0.867 bits per heavy atom. The summed E-state index contributed by atoms with van der Waals surface area (Å²) in [6.07, 6.45) is 0.161. The monoisotopic (exact) mass is 423 g/mol. The fourth-order valence-electron chi connectivity index (χ4n) is 2.87. The number of hydrazine groups is 1. The lowest BCUT2D eigenvalue weighted by Crippen LogP contribution is -2.50. The van der Waals surface area contributed by atoms with Gasteiger partial charge in [0.15, 0.2) is 23.2 Å². The lowest BCUT2D eigenvalue weighted by molar-refractivity contribution is -0.124. The van der Waals surface area contributed by atoms with E-state index in [1.807, 2.05) is 42.5 Å². The van der Waals surface area contributed by atoms with E-state index in [0.717, 1.165) is 16.3 Å². The number of methoxy groups -OCH3 is 1. The van der Waals surface area contributed by atoms with Gasteiger partial charge in [0.1, 0.15) is 0 Å². The molecule has 0 bridgehead atoms. The van der Waals surface area contributed by atoms with Gasteiger partial charge in [-0.15, -0.1) is 0 Å². The molecule has 0 aliphatic carbocycles. The molecule has 7 nitrogen and oxygen atoms in total. The molecule has 0 saturated heterocycles. The maximum Gasteiger partial charge on any atom is 0.276 e. The Balaban J connectivity index is 1.45. The van der Waals surface area contributed by atoms with Gasteiger partial charge in [-0.1, -0.05) is 54.6 Å². The molecule has 0 aliphatic heterocycles. The molecule has 0 aromatic heterocycles. The average Bonchev–Trinajstić information content (AvgIpc) is 2.76. The van der Waals surface area contributed by atoms with E-state index >= 15 is 0 Å². The average molecular weight is 423 g/mol. The predicted octanol–water partition coefficient (Wildman–Crippen LogP) is 2.49. The predicted molar refractivity (Wildman–Crippen MR) is 118 cm³/mol. The number of fused-ring (bicyclic) bond motifs is 1. The number of carbonyl (C=O) groups excluding carboxylic acids is 2. The SMILES string of the molecule is COc1ccccc1OCC(=O)NNC(=S)NC(=O)Cc1cccc2ccccc12. The van der Waals surface area contributed by atoms with Gasteiger partial charge >= 0.3 is 0 Å². The molecule has 3 aromatic rings. The van der Waals surface area contributed by atoms with Crippen LogP contribution in [0.4, 0.5) is 0 Å². The molecule has 0 fully saturated rings. The van der Waals surface area contributed by atoms with E-state index in [0.29, 0.717) is 11.5 Å². The van der Waals surface area contributed by atoms with Gasteiger partial charge in [0.05, 0.1) is 13.5 Å². The standard InChI is InChI=1S/C22H21N3O4S/c1-28-18-11-4-5-12-19(18)29-14-21(27)24-25-22(30)23-20(26)13-16-9-6-8-15-7-2-3-10-17(15)16/h2-12H,13-14H2,1H3,(H,24,27)(H2,23,25,26,30). The molecular weight excluding hydrogens is 402 g/mol. The van der Waals surface area contributed by atoms with Crippen molar-refractivity contribution in [2.75, 3.05) is 13.7 Å². The van der Waals surface area contributed by atoms with Crippen LogP contribution in [0.5, 0.6) is 11.5 Å². The summed E-state index contributed by atoms with van der Waals surface area (Å²) in [5.74, 6) is 0.213. The summed E-state index contributed by atoms with van der Waals surface area (Å²) in [4.78, 5) is 24.2. The molecule has 2 amide bonds. The normalized spacial score (nSPS) is 10.2. The third-order valence-corrected chi connectivity index (χ3v) is 4.43. The molecule has 30 heavy (non-hydrogen) atoms. The van der Waals surface area contributed by atoms with Crippen molar-refractivity contribution in [2.45, 2.75) is 6.42 Å². The first-order valence-corrected chi connectivity index (χ1v) is 9.59. The fourth-order valence-corrected chi connectivity index (χ4v) is 3.03. The molecule has 0 radical (unpaired) electrons. The van der Waals surface area contributed by atoms with Crippen molar-refractivity contribution >= 4 is 39.9 Å². The van der Waals surface area contributed by atoms with Gasteiger partial charge < -0.3 is 14.8 Å². The number of nitrogens with one attached hydrogen (secondary N) is 3. The second kappa shape index (κ2) is 10.2. The van der Waals surface area contributed by atoms with Crippen molar-refractivity contribution in [3.63, 3.8) is 0 Å². The van der Waals surface area contributed by atoms with Gasteiger partial charge in [-0.05, 0) is 40.7 Å². The summed E-state index contributed by atoms with van der Waals surface area (Å²) in [5, 5.41) is 4.61. The van der Waals surface area contributed by atoms with Crippen LogP contribution in [0.2, 0.25) is 0 Å². The number of carbonyl (C=O) groups is 2. The lowest BCUT2D eigenvalue weighted by Gasteiger charge is -2.13. The van der Waals surface area contributed by atoms with Gasteiger partial charge in [0, 0.05) is 0 Å². The third kappa shape index (κ3) is 5.68. The highest BCUT2D eigenvalue weighted by Gasteiger charge is 2.10. The fraction of sp³-hybridized carbons (Fsp3) is 0.136. The summed E-state index contributed by atoms with van der Waals surface area (Å²) in [5.41, 5.74) is 5.76. The Labute approximate surface area is 179 Å². The second-order valence-corrected chi connectivity index (χ2v) is 6.71. The zero-order valence-electron chi connectivity index (χ0n) is 16.3. The van der Waals surface area contributed by atoms with Crippen LogP contribution in [0.25, 0.3) is 10.8 Å². The molecule has 154 valence electrons. The van der Waals surface area contributed by atoms with Gasteiger partial charge in [-0.3, -0.25) is 20.4 Å². The zero-order chi connectivity index (χ0) is 21.3. The molecule has 0 spiro atoms. The highest BCUT2D eigenvalue weighted by Crippen LogP contribution is 2.25. The molecule has 0 saturated carbocycles. The first-order chi connectivity index (χ1) is 14.6. The van der Waals surface area contributed by atoms with Crippen LogP contribution in [0, 0.1) is 0 Å². The van der Waals surface area contributed by atoms with E-state index in [-0.39, 0.29) is 24.0 Å². The molecule has 0 aliphatic rings. The summed E-state index contributed by atoms with van der Waals surface area (Å²) in [7, 11) is 1.52. The van der Waals surface area contributed by atoms with Crippen LogP contribution in [0.15, 0.2) is 66.7 Å². The highest BCUT2D eigenvalue weighted by atomic mass is 32.1. The van der Waals surface area contributed by atoms with Gasteiger partial charge in [0.25, 0.3) is 5.91 Å². The maximum absolute atomic E-state index is 12.3. The van der Waals surface area contributed by atoms with Crippen molar-refractivity contribution in [3.05, 3.63) is 72.3 Å². The molecule has 0 heterocycles. The number of thiocarbonyl (C=S) groups is 1. The molecule has 8 heteroatoms. The summed E-state index contributed by atoms with van der Waals surface area (Å²) >= 11 is 5.06. The Morgan fingerprint density at radius 2 is 1.57 bits per heavy atom. The van der Waals surface area contributed by atoms with E-state index in [1.165, 1.54) is 7.11 Å². The first kappa shape index (κ1) is 21.1. The Kier molecular flexibility index (Phi) is 7.18. The number of rotatable bonds is 6. The molecule has 3 rings (SSSR count). The Bertz CT molecular complexity index is 1070. The Morgan fingerprint density at radius 3 is 2.37 bits per heavy atom. The number of benzene rings is 3. The van der Waals surface area contributed by atoms with Crippen molar-refractivity contribution in [3.8, 4) is 11.5 Å². The molecule has 0 atom stereocenters. The van der Waals surface area contributed by atoms with E-state index in [2.05, 4.69) is 16.2 Å². The largest absolute Gasteiger partial charge is 0.493 e. The number of ether oxygens (including phenoxy) is 2. The molecular formula is C22H21N3O4S. The smallest absolute Gasteiger partial charge is 0.276 e. The van der Waals surface area contributed by atoms with Crippen molar-refractivity contribution in [2.24, 2.45) is 0 Å². The number of hydrogen-bond donors (Lipinski definition) is 3. The Hall–Kier alpha value is -3.65. The number of hydrogen-bond acceptors (Lipinski definition) is 5. The third-order valence-electron chi connectivity index (χ3n) is 4.23. The minimum absolute atomic E-state index is 0.00845. The van der Waals surface area contributed by atoms with Crippen LogP contribution < -0.4 is 25.6 Å². The van der Waals surface area contributed by atoms with Gasteiger partial charge in [-0.2, -0.15) is 0 Å². The topological polar surface area (TPSA) is 88.7 Å². The molecule has 3 aromatic carbocycles. The van der Waals surface area contributed by atoms with Crippen LogP contribution in [0.3, 0.4) is 0 Å². The van der Waals surface area contributed by atoms with Crippen LogP contribution >= 0.6 is 12.2 Å². The number of amides is 2. The van der Waals surface area contributed by atoms with Crippen molar-refractivity contribution in [1.82, 2.24) is 16.2 Å². The van der Waals surface area contributed by atoms with Crippen molar-refractivity contribution < 1.29 is 19.1 Å². The van der Waals surface area contributed by atoms with E-state index in [1.54, 1.807) is 24.3 Å². The van der Waals surface area contributed by atoms with Crippen LogP contribution in [-0.2, 0) is 16.0 Å².